The molecule has 0 radical (unpaired) electrons. The van der Waals surface area contributed by atoms with E-state index in [4.69, 9.17) is 0 Å². The molecule has 1 aliphatic carbocycles. The Balaban J connectivity index is 1.94. The van der Waals surface area contributed by atoms with Crippen molar-refractivity contribution in [2.24, 2.45) is 0 Å². The van der Waals surface area contributed by atoms with E-state index >= 15 is 0 Å². The van der Waals surface area contributed by atoms with Crippen molar-refractivity contribution in [3.05, 3.63) is 24.0 Å². The van der Waals surface area contributed by atoms with Crippen molar-refractivity contribution in [3.63, 3.8) is 0 Å². The lowest BCUT2D eigenvalue weighted by Crippen LogP contribution is -2.16. The second kappa shape index (κ2) is 6.31. The molecule has 1 aromatic rings. The van der Waals surface area contributed by atoms with Crippen LogP contribution in [0.1, 0.15) is 32.1 Å². The molecule has 5 nitrogen and oxygen atoms in total. The van der Waals surface area contributed by atoms with Crippen LogP contribution < -0.4 is 10.2 Å². The highest BCUT2D eigenvalue weighted by molar-refractivity contribution is 5.91. The highest BCUT2D eigenvalue weighted by Crippen LogP contribution is 2.20. The first-order valence-corrected chi connectivity index (χ1v) is 6.62. The van der Waals surface area contributed by atoms with E-state index < -0.39 is 0 Å². The van der Waals surface area contributed by atoms with Crippen molar-refractivity contribution in [1.29, 1.82) is 0 Å². The second-order valence-electron chi connectivity index (χ2n) is 4.99. The van der Waals surface area contributed by atoms with E-state index in [2.05, 4.69) is 21.4 Å². The minimum Gasteiger partial charge on any atom is -0.363 e. The molecule has 0 unspecified atom stereocenters. The summed E-state index contributed by atoms with van der Waals surface area (Å²) in [5, 5.41) is 2.83. The fourth-order valence-corrected chi connectivity index (χ4v) is 2.12. The van der Waals surface area contributed by atoms with Crippen molar-refractivity contribution in [1.82, 2.24) is 9.97 Å². The van der Waals surface area contributed by atoms with Crippen LogP contribution in [-0.4, -0.2) is 30.0 Å². The van der Waals surface area contributed by atoms with Gasteiger partial charge in [-0.2, -0.15) is 0 Å². The Bertz CT molecular complexity index is 482. The summed E-state index contributed by atoms with van der Waals surface area (Å²) in [7, 11) is 3.81. The highest BCUT2D eigenvalue weighted by atomic mass is 16.1. The van der Waals surface area contributed by atoms with Crippen molar-refractivity contribution in [3.8, 4) is 0 Å². The SMILES string of the molecule is CN(C)c1cc(NC(=O)CC2=CCCCC2)ncn1. The monoisotopic (exact) mass is 260 g/mol. The van der Waals surface area contributed by atoms with Crippen molar-refractivity contribution >= 4 is 17.5 Å². The summed E-state index contributed by atoms with van der Waals surface area (Å²) in [6.07, 6.45) is 8.70. The van der Waals surface area contributed by atoms with Crippen LogP contribution in [0.4, 0.5) is 11.6 Å². The molecule has 1 aliphatic rings. The molecular weight excluding hydrogens is 240 g/mol. The first-order chi connectivity index (χ1) is 9.15. The number of anilines is 2. The predicted octanol–water partition coefficient (Wildman–Crippen LogP) is 2.37. The second-order valence-corrected chi connectivity index (χ2v) is 4.99. The third-order valence-electron chi connectivity index (χ3n) is 3.15. The minimum atomic E-state index is -0.00319. The van der Waals surface area contributed by atoms with Crippen molar-refractivity contribution in [2.75, 3.05) is 24.3 Å². The van der Waals surface area contributed by atoms with Gasteiger partial charge in [0.05, 0.1) is 0 Å². The third kappa shape index (κ3) is 4.05. The minimum absolute atomic E-state index is 0.00319. The number of carbonyl (C=O) groups excluding carboxylic acids is 1. The lowest BCUT2D eigenvalue weighted by Gasteiger charge is -2.14. The van der Waals surface area contributed by atoms with Gasteiger partial charge in [0.1, 0.15) is 18.0 Å². The van der Waals surface area contributed by atoms with E-state index in [1.807, 2.05) is 19.0 Å². The molecular formula is C14H20N4O. The largest absolute Gasteiger partial charge is 0.363 e. The molecule has 0 spiro atoms. The lowest BCUT2D eigenvalue weighted by molar-refractivity contribution is -0.115. The number of hydrogen-bond donors (Lipinski definition) is 1. The van der Waals surface area contributed by atoms with Gasteiger partial charge in [0, 0.05) is 26.6 Å². The Labute approximate surface area is 113 Å². The number of carbonyl (C=O) groups is 1. The van der Waals surface area contributed by atoms with Crippen LogP contribution in [0.15, 0.2) is 24.0 Å². The zero-order chi connectivity index (χ0) is 13.7. The molecule has 102 valence electrons. The first-order valence-electron chi connectivity index (χ1n) is 6.62. The molecule has 1 N–H and O–H groups in total. The number of rotatable bonds is 4. The summed E-state index contributed by atoms with van der Waals surface area (Å²) in [6, 6.07) is 1.77. The van der Waals surface area contributed by atoms with Crippen LogP contribution >= 0.6 is 0 Å². The van der Waals surface area contributed by atoms with Gasteiger partial charge in [-0.25, -0.2) is 9.97 Å². The first kappa shape index (κ1) is 13.5. The smallest absolute Gasteiger partial charge is 0.229 e. The maximum absolute atomic E-state index is 11.9. The number of aromatic nitrogens is 2. The normalized spacial score (nSPS) is 14.7. The average molecular weight is 260 g/mol. The third-order valence-corrected chi connectivity index (χ3v) is 3.15. The molecule has 5 heteroatoms. The molecule has 1 heterocycles. The molecule has 0 aromatic carbocycles. The quantitative estimate of drug-likeness (QED) is 0.844. The van der Waals surface area contributed by atoms with E-state index in [1.54, 1.807) is 6.07 Å². The van der Waals surface area contributed by atoms with Crippen LogP contribution in [0.3, 0.4) is 0 Å². The molecule has 2 rings (SSSR count). The lowest BCUT2D eigenvalue weighted by atomic mass is 9.97. The number of allylic oxidation sites excluding steroid dienone is 1. The number of amides is 1. The fraction of sp³-hybridized carbons (Fsp3) is 0.500. The Morgan fingerprint density at radius 3 is 2.89 bits per heavy atom. The molecule has 0 fully saturated rings. The van der Waals surface area contributed by atoms with Gasteiger partial charge in [0.15, 0.2) is 0 Å². The molecule has 19 heavy (non-hydrogen) atoms. The number of hydrogen-bond acceptors (Lipinski definition) is 4. The average Bonchev–Trinajstić information content (AvgIpc) is 2.40. The Kier molecular flexibility index (Phi) is 4.49. The Morgan fingerprint density at radius 2 is 2.21 bits per heavy atom. The Hall–Kier alpha value is -1.91. The van der Waals surface area contributed by atoms with Crippen LogP contribution in [0, 0.1) is 0 Å². The molecule has 0 saturated carbocycles. The van der Waals surface area contributed by atoms with Crippen molar-refractivity contribution < 1.29 is 4.79 Å². The van der Waals surface area contributed by atoms with E-state index in [-0.39, 0.29) is 5.91 Å². The van der Waals surface area contributed by atoms with Crippen molar-refractivity contribution in [2.45, 2.75) is 32.1 Å². The van der Waals surface area contributed by atoms with Crippen LogP contribution in [0.2, 0.25) is 0 Å². The molecule has 0 saturated heterocycles. The maximum atomic E-state index is 11.9. The van der Waals surface area contributed by atoms with Crippen LogP contribution in [-0.2, 0) is 4.79 Å². The summed E-state index contributed by atoms with van der Waals surface area (Å²) >= 11 is 0. The standard InChI is InChI=1S/C14H20N4O/c1-18(2)13-9-12(15-10-16-13)17-14(19)8-11-6-4-3-5-7-11/h6,9-10H,3-5,7-8H2,1-2H3,(H,15,16,17,19). The van der Waals surface area contributed by atoms with Gasteiger partial charge in [-0.1, -0.05) is 11.6 Å². The highest BCUT2D eigenvalue weighted by Gasteiger charge is 2.10. The fourth-order valence-electron chi connectivity index (χ4n) is 2.12. The van der Waals surface area contributed by atoms with Crippen LogP contribution in [0.25, 0.3) is 0 Å². The van der Waals surface area contributed by atoms with E-state index in [0.717, 1.165) is 18.7 Å². The topological polar surface area (TPSA) is 58.1 Å². The summed E-state index contributed by atoms with van der Waals surface area (Å²) in [5.74, 6) is 1.33. The van der Waals surface area contributed by atoms with Crippen LogP contribution in [0.5, 0.6) is 0 Å². The number of nitrogens with one attached hydrogen (secondary N) is 1. The van der Waals surface area contributed by atoms with Gasteiger partial charge in [0.2, 0.25) is 5.91 Å². The van der Waals surface area contributed by atoms with Gasteiger partial charge < -0.3 is 10.2 Å². The number of nitrogens with zero attached hydrogens (tertiary/aromatic N) is 3. The molecule has 0 bridgehead atoms. The van der Waals surface area contributed by atoms with Gasteiger partial charge in [-0.05, 0) is 25.7 Å². The molecule has 0 atom stereocenters. The van der Waals surface area contributed by atoms with E-state index in [1.165, 1.54) is 24.7 Å². The predicted molar refractivity (Wildman–Crippen MR) is 76.2 cm³/mol. The zero-order valence-electron chi connectivity index (χ0n) is 11.5. The van der Waals surface area contributed by atoms with Gasteiger partial charge >= 0.3 is 0 Å². The van der Waals surface area contributed by atoms with Gasteiger partial charge in [-0.15, -0.1) is 0 Å². The zero-order valence-corrected chi connectivity index (χ0v) is 11.5. The van der Waals surface area contributed by atoms with Gasteiger partial charge in [0.25, 0.3) is 0 Å². The molecule has 0 aliphatic heterocycles. The van der Waals surface area contributed by atoms with E-state index in [0.29, 0.717) is 12.2 Å². The summed E-state index contributed by atoms with van der Waals surface area (Å²) in [6.45, 7) is 0. The molecule has 1 amide bonds. The maximum Gasteiger partial charge on any atom is 0.229 e. The summed E-state index contributed by atoms with van der Waals surface area (Å²) in [5.41, 5.74) is 1.24. The molecule has 1 aromatic heterocycles. The summed E-state index contributed by atoms with van der Waals surface area (Å²) < 4.78 is 0. The Morgan fingerprint density at radius 1 is 1.37 bits per heavy atom. The summed E-state index contributed by atoms with van der Waals surface area (Å²) in [4.78, 5) is 22.0. The van der Waals surface area contributed by atoms with E-state index in [9.17, 15) is 4.79 Å². The van der Waals surface area contributed by atoms with Gasteiger partial charge in [-0.3, -0.25) is 4.79 Å².